The van der Waals surface area contributed by atoms with Crippen LogP contribution in [0.4, 0.5) is 0 Å². The van der Waals surface area contributed by atoms with Gasteiger partial charge in [-0.2, -0.15) is 0 Å². The molecular weight excluding hydrogens is 432 g/mol. The first kappa shape index (κ1) is 21.9. The lowest BCUT2D eigenvalue weighted by atomic mass is 9.75. The van der Waals surface area contributed by atoms with Crippen LogP contribution in [0.3, 0.4) is 0 Å². The van der Waals surface area contributed by atoms with Gasteiger partial charge >= 0.3 is 0 Å². The number of aryl methyl sites for hydroxylation is 3. The van der Waals surface area contributed by atoms with E-state index in [9.17, 15) is 0 Å². The third-order valence-corrected chi connectivity index (χ3v) is 7.54. The molecule has 1 aliphatic carbocycles. The van der Waals surface area contributed by atoms with Crippen molar-refractivity contribution in [1.82, 2.24) is 0 Å². The first-order chi connectivity index (χ1) is 17.1. The summed E-state index contributed by atoms with van der Waals surface area (Å²) in [5, 5.41) is 0. The Kier molecular flexibility index (Phi) is 5.38. The molecule has 0 saturated carbocycles. The van der Waals surface area contributed by atoms with Crippen LogP contribution >= 0.6 is 0 Å². The lowest BCUT2D eigenvalue weighted by molar-refractivity contribution is 0.0554. The summed E-state index contributed by atoms with van der Waals surface area (Å²) >= 11 is 0. The predicted molar refractivity (Wildman–Crippen MR) is 141 cm³/mol. The fourth-order valence-corrected chi connectivity index (χ4v) is 5.85. The average molecular weight is 463 g/mol. The minimum Gasteiger partial charge on any atom is -0.496 e. The van der Waals surface area contributed by atoms with Gasteiger partial charge in [-0.3, -0.25) is 0 Å². The summed E-state index contributed by atoms with van der Waals surface area (Å²) in [4.78, 5) is 0. The van der Waals surface area contributed by atoms with Gasteiger partial charge in [-0.15, -0.1) is 0 Å². The molecule has 176 valence electrons. The third kappa shape index (κ3) is 3.45. The molecule has 0 bridgehead atoms. The molecule has 0 spiro atoms. The van der Waals surface area contributed by atoms with E-state index >= 15 is 0 Å². The molecule has 0 unspecified atom stereocenters. The number of rotatable bonds is 3. The van der Waals surface area contributed by atoms with Crippen molar-refractivity contribution in [2.24, 2.45) is 0 Å². The van der Waals surface area contributed by atoms with Gasteiger partial charge in [-0.1, -0.05) is 60.2 Å². The fraction of sp³-hybridized carbons (Fsp3) is 0.250. The van der Waals surface area contributed by atoms with E-state index in [0.717, 1.165) is 35.5 Å². The SMILES string of the molecule is COc1cccc2c1-c1c(cc(-c3ccc(C)cc3)c3c1-c1c(cccc1OC)CO[C@H]3C)CC2. The highest BCUT2D eigenvalue weighted by molar-refractivity contribution is 5.99. The topological polar surface area (TPSA) is 27.7 Å². The zero-order valence-corrected chi connectivity index (χ0v) is 20.8. The molecule has 4 aromatic carbocycles. The summed E-state index contributed by atoms with van der Waals surface area (Å²) in [7, 11) is 3.53. The predicted octanol–water partition coefficient (Wildman–Crippen LogP) is 7.70. The molecule has 1 aliphatic heterocycles. The van der Waals surface area contributed by atoms with Crippen LogP contribution in [0.5, 0.6) is 11.5 Å². The molecule has 4 aromatic rings. The standard InChI is InChI=1S/C32H30O3/c1-19-11-13-21(14-12-19)25-17-23-16-15-22-7-5-9-26(33-3)29(22)31(23)32-28(25)20(2)35-18-24-8-6-10-27(34-4)30(24)32/h5-14,17,20H,15-16,18H2,1-4H3/t20-/m0/s1. The zero-order valence-electron chi connectivity index (χ0n) is 20.8. The molecule has 35 heavy (non-hydrogen) atoms. The van der Waals surface area contributed by atoms with Gasteiger partial charge in [0.25, 0.3) is 0 Å². The van der Waals surface area contributed by atoms with Gasteiger partial charge in [-0.05, 0) is 77.8 Å². The Bertz CT molecular complexity index is 1420. The highest BCUT2D eigenvalue weighted by Crippen LogP contribution is 2.54. The molecule has 3 nitrogen and oxygen atoms in total. The molecule has 0 radical (unpaired) electrons. The Hall–Kier alpha value is -3.56. The Labute approximate surface area is 207 Å². The van der Waals surface area contributed by atoms with Crippen LogP contribution in [0.15, 0.2) is 66.7 Å². The van der Waals surface area contributed by atoms with E-state index in [-0.39, 0.29) is 6.10 Å². The molecule has 0 fully saturated rings. The van der Waals surface area contributed by atoms with E-state index in [1.54, 1.807) is 14.2 Å². The maximum atomic E-state index is 6.49. The van der Waals surface area contributed by atoms with E-state index in [1.807, 2.05) is 0 Å². The van der Waals surface area contributed by atoms with Crippen molar-refractivity contribution in [3.8, 4) is 44.9 Å². The van der Waals surface area contributed by atoms with Gasteiger partial charge in [0.05, 0.1) is 26.9 Å². The van der Waals surface area contributed by atoms with Crippen LogP contribution in [0, 0.1) is 6.92 Å². The zero-order chi connectivity index (χ0) is 24.1. The summed E-state index contributed by atoms with van der Waals surface area (Å²) in [5.74, 6) is 1.80. The monoisotopic (exact) mass is 462 g/mol. The molecule has 0 amide bonds. The van der Waals surface area contributed by atoms with E-state index < -0.39 is 0 Å². The lowest BCUT2D eigenvalue weighted by Crippen LogP contribution is -2.11. The van der Waals surface area contributed by atoms with Crippen LogP contribution in [0.25, 0.3) is 33.4 Å². The second-order valence-corrected chi connectivity index (χ2v) is 9.55. The third-order valence-electron chi connectivity index (χ3n) is 7.54. The molecule has 1 heterocycles. The number of hydrogen-bond acceptors (Lipinski definition) is 3. The van der Waals surface area contributed by atoms with Crippen LogP contribution < -0.4 is 9.47 Å². The van der Waals surface area contributed by atoms with E-state index in [0.29, 0.717) is 6.61 Å². The summed E-state index contributed by atoms with van der Waals surface area (Å²) in [5.41, 5.74) is 13.6. The van der Waals surface area contributed by atoms with Gasteiger partial charge in [0, 0.05) is 16.7 Å². The van der Waals surface area contributed by atoms with Crippen molar-refractivity contribution in [2.45, 2.75) is 39.4 Å². The van der Waals surface area contributed by atoms with Gasteiger partial charge in [0.15, 0.2) is 0 Å². The Morgan fingerprint density at radius 1 is 0.714 bits per heavy atom. The minimum absolute atomic E-state index is 0.0798. The van der Waals surface area contributed by atoms with Crippen molar-refractivity contribution >= 4 is 0 Å². The van der Waals surface area contributed by atoms with Gasteiger partial charge in [-0.25, -0.2) is 0 Å². The fourth-order valence-electron chi connectivity index (χ4n) is 5.85. The van der Waals surface area contributed by atoms with Gasteiger partial charge < -0.3 is 14.2 Å². The van der Waals surface area contributed by atoms with Crippen LogP contribution in [-0.4, -0.2) is 14.2 Å². The quantitative estimate of drug-likeness (QED) is 0.312. The second-order valence-electron chi connectivity index (χ2n) is 9.55. The van der Waals surface area contributed by atoms with Crippen molar-refractivity contribution in [2.75, 3.05) is 14.2 Å². The lowest BCUT2D eigenvalue weighted by Gasteiger charge is -2.30. The Morgan fingerprint density at radius 3 is 2.03 bits per heavy atom. The summed E-state index contributed by atoms with van der Waals surface area (Å²) in [6.45, 7) is 4.85. The molecule has 1 atom stereocenters. The van der Waals surface area contributed by atoms with Crippen molar-refractivity contribution in [3.63, 3.8) is 0 Å². The smallest absolute Gasteiger partial charge is 0.127 e. The second kappa shape index (κ2) is 8.58. The number of ether oxygens (including phenoxy) is 3. The highest BCUT2D eigenvalue weighted by Gasteiger charge is 2.33. The maximum absolute atomic E-state index is 6.49. The summed E-state index contributed by atoms with van der Waals surface area (Å²) in [6.07, 6.45) is 1.90. The molecule has 2 aliphatic rings. The number of hydrogen-bond donors (Lipinski definition) is 0. The summed E-state index contributed by atoms with van der Waals surface area (Å²) in [6, 6.07) is 23.9. The Morgan fingerprint density at radius 2 is 1.34 bits per heavy atom. The number of methoxy groups -OCH3 is 2. The summed E-state index contributed by atoms with van der Waals surface area (Å²) < 4.78 is 18.4. The van der Waals surface area contributed by atoms with Gasteiger partial charge in [0.1, 0.15) is 11.5 Å². The van der Waals surface area contributed by atoms with Crippen molar-refractivity contribution in [1.29, 1.82) is 0 Å². The van der Waals surface area contributed by atoms with Crippen LogP contribution in [-0.2, 0) is 24.2 Å². The van der Waals surface area contributed by atoms with E-state index in [1.165, 1.54) is 50.1 Å². The van der Waals surface area contributed by atoms with Crippen LogP contribution in [0.2, 0.25) is 0 Å². The largest absolute Gasteiger partial charge is 0.496 e. The van der Waals surface area contributed by atoms with E-state index in [4.69, 9.17) is 14.2 Å². The van der Waals surface area contributed by atoms with Crippen molar-refractivity contribution < 1.29 is 14.2 Å². The molecule has 0 saturated heterocycles. The highest BCUT2D eigenvalue weighted by atomic mass is 16.5. The molecule has 3 heteroatoms. The van der Waals surface area contributed by atoms with Crippen LogP contribution in [0.1, 0.15) is 40.8 Å². The maximum Gasteiger partial charge on any atom is 0.127 e. The average Bonchev–Trinajstić information content (AvgIpc) is 3.04. The minimum atomic E-state index is -0.0798. The molecular formula is C32H30O3. The van der Waals surface area contributed by atoms with E-state index in [2.05, 4.69) is 80.6 Å². The first-order valence-corrected chi connectivity index (χ1v) is 12.3. The van der Waals surface area contributed by atoms with Crippen molar-refractivity contribution in [3.05, 3.63) is 94.5 Å². The normalized spacial score (nSPS) is 15.8. The number of fused-ring (bicyclic) bond motifs is 7. The molecule has 0 aromatic heterocycles. The number of benzene rings is 4. The van der Waals surface area contributed by atoms with Gasteiger partial charge in [0.2, 0.25) is 0 Å². The molecule has 6 rings (SSSR count). The first-order valence-electron chi connectivity index (χ1n) is 12.3. The molecule has 0 N–H and O–H groups in total. The Balaban J connectivity index is 1.80.